The van der Waals surface area contributed by atoms with E-state index in [9.17, 15) is 0 Å². The van der Waals surface area contributed by atoms with Gasteiger partial charge in [0.25, 0.3) is 0 Å². The van der Waals surface area contributed by atoms with Crippen LogP contribution in [0.15, 0.2) is 23.3 Å². The van der Waals surface area contributed by atoms with Crippen LogP contribution in [-0.2, 0) is 0 Å². The summed E-state index contributed by atoms with van der Waals surface area (Å²) in [5.74, 6) is 0. The van der Waals surface area contributed by atoms with Crippen molar-refractivity contribution in [3.05, 3.63) is 23.3 Å². The second-order valence-electron chi connectivity index (χ2n) is 2.32. The lowest BCUT2D eigenvalue weighted by Crippen LogP contribution is -1.76. The summed E-state index contributed by atoms with van der Waals surface area (Å²) >= 11 is 0. The van der Waals surface area contributed by atoms with Gasteiger partial charge in [-0.25, -0.2) is 0 Å². The van der Waals surface area contributed by atoms with Gasteiger partial charge in [0.05, 0.1) is 0 Å². The van der Waals surface area contributed by atoms with Crippen molar-refractivity contribution < 1.29 is 0 Å². The molecule has 0 spiro atoms. The molecule has 0 heteroatoms. The monoisotopic (exact) mass is 124 g/mol. The van der Waals surface area contributed by atoms with Crippen LogP contribution < -0.4 is 0 Å². The van der Waals surface area contributed by atoms with Gasteiger partial charge < -0.3 is 0 Å². The van der Waals surface area contributed by atoms with Crippen LogP contribution in [0.2, 0.25) is 0 Å². The summed E-state index contributed by atoms with van der Waals surface area (Å²) in [7, 11) is 0. The highest BCUT2D eigenvalue weighted by atomic mass is 13.9. The van der Waals surface area contributed by atoms with Gasteiger partial charge in [0.1, 0.15) is 0 Å². The van der Waals surface area contributed by atoms with E-state index in [2.05, 4.69) is 32.9 Å². The van der Waals surface area contributed by atoms with Crippen LogP contribution >= 0.6 is 0 Å². The Balaban J connectivity index is 4.10. The van der Waals surface area contributed by atoms with Gasteiger partial charge in [-0.05, 0) is 27.2 Å². The van der Waals surface area contributed by atoms with Crippen LogP contribution in [0.5, 0.6) is 0 Å². The summed E-state index contributed by atoms with van der Waals surface area (Å²) < 4.78 is 0. The molecule has 9 heavy (non-hydrogen) atoms. The lowest BCUT2D eigenvalue weighted by atomic mass is 10.1. The van der Waals surface area contributed by atoms with Crippen molar-refractivity contribution in [3.8, 4) is 0 Å². The average molecular weight is 124 g/mol. The first-order chi connectivity index (χ1) is 4.22. The van der Waals surface area contributed by atoms with E-state index in [1.807, 2.05) is 6.92 Å². The highest BCUT2D eigenvalue weighted by Crippen LogP contribution is 2.07. The lowest BCUT2D eigenvalue weighted by Gasteiger charge is -1.97. The quantitative estimate of drug-likeness (QED) is 0.495. The minimum atomic E-state index is 1.16. The normalized spacial score (nSPS) is 14.2. The number of hydrogen-bond donors (Lipinski definition) is 0. The van der Waals surface area contributed by atoms with Gasteiger partial charge in [0.2, 0.25) is 0 Å². The Labute approximate surface area is 58.3 Å². The highest BCUT2D eigenvalue weighted by molar-refractivity contribution is 5.21. The summed E-state index contributed by atoms with van der Waals surface area (Å²) in [6.07, 6.45) is 5.39. The maximum atomic E-state index is 2.18. The Kier molecular flexibility index (Phi) is 4.12. The maximum absolute atomic E-state index is 2.18. The molecule has 0 heterocycles. The molecule has 0 aliphatic rings. The molecule has 0 atom stereocenters. The predicted molar refractivity (Wildman–Crippen MR) is 43.5 cm³/mol. The predicted octanol–water partition coefficient (Wildman–Crippen LogP) is 3.31. The molecule has 0 nitrogen and oxygen atoms in total. The molecule has 0 amide bonds. The zero-order valence-corrected chi connectivity index (χ0v) is 6.86. The van der Waals surface area contributed by atoms with Crippen molar-refractivity contribution in [2.24, 2.45) is 0 Å². The van der Waals surface area contributed by atoms with Crippen LogP contribution in [0.25, 0.3) is 0 Å². The summed E-state index contributed by atoms with van der Waals surface area (Å²) in [6, 6.07) is 0. The molecule has 0 aromatic rings. The third-order valence-electron chi connectivity index (χ3n) is 1.62. The summed E-state index contributed by atoms with van der Waals surface area (Å²) in [4.78, 5) is 0. The van der Waals surface area contributed by atoms with E-state index in [4.69, 9.17) is 0 Å². The third kappa shape index (κ3) is 3.12. The molecule has 0 aromatic carbocycles. The van der Waals surface area contributed by atoms with Gasteiger partial charge in [-0.15, -0.1) is 0 Å². The van der Waals surface area contributed by atoms with Crippen LogP contribution in [0, 0.1) is 0 Å². The molecular weight excluding hydrogens is 108 g/mol. The molecule has 0 unspecified atom stereocenters. The van der Waals surface area contributed by atoms with Crippen molar-refractivity contribution in [3.63, 3.8) is 0 Å². The standard InChI is InChI=1S/C9H16/c1-5-7-9(4)8(3)6-2/h5,7H,6H2,1-4H3/b7-5-,9-8+. The Morgan fingerprint density at radius 3 is 2.22 bits per heavy atom. The van der Waals surface area contributed by atoms with E-state index in [0.717, 1.165) is 6.42 Å². The molecule has 0 radical (unpaired) electrons. The fourth-order valence-electron chi connectivity index (χ4n) is 0.671. The van der Waals surface area contributed by atoms with Crippen LogP contribution in [-0.4, -0.2) is 0 Å². The van der Waals surface area contributed by atoms with Crippen molar-refractivity contribution in [2.75, 3.05) is 0 Å². The molecule has 0 rings (SSSR count). The first-order valence-electron chi connectivity index (χ1n) is 3.51. The molecule has 0 saturated carbocycles. The van der Waals surface area contributed by atoms with Crippen LogP contribution in [0.1, 0.15) is 34.1 Å². The minimum Gasteiger partial charge on any atom is -0.0874 e. The average Bonchev–Trinajstić information content (AvgIpc) is 1.87. The van der Waals surface area contributed by atoms with Crippen molar-refractivity contribution in [1.82, 2.24) is 0 Å². The van der Waals surface area contributed by atoms with E-state index in [-0.39, 0.29) is 0 Å². The molecule has 0 aliphatic heterocycles. The molecule has 0 aliphatic carbocycles. The minimum absolute atomic E-state index is 1.16. The molecule has 52 valence electrons. The smallest absolute Gasteiger partial charge is 0.0346 e. The van der Waals surface area contributed by atoms with E-state index in [1.54, 1.807) is 0 Å². The van der Waals surface area contributed by atoms with Gasteiger partial charge in [-0.2, -0.15) is 0 Å². The highest BCUT2D eigenvalue weighted by Gasteiger charge is 1.86. The fourth-order valence-corrected chi connectivity index (χ4v) is 0.671. The van der Waals surface area contributed by atoms with Gasteiger partial charge >= 0.3 is 0 Å². The number of rotatable bonds is 2. The van der Waals surface area contributed by atoms with Gasteiger partial charge in [-0.1, -0.05) is 30.2 Å². The first-order valence-corrected chi connectivity index (χ1v) is 3.51. The number of allylic oxidation sites excluding steroid dienone is 4. The Morgan fingerprint density at radius 2 is 1.89 bits per heavy atom. The van der Waals surface area contributed by atoms with Crippen LogP contribution in [0.3, 0.4) is 0 Å². The second kappa shape index (κ2) is 4.37. The number of hydrogen-bond acceptors (Lipinski definition) is 0. The van der Waals surface area contributed by atoms with Gasteiger partial charge in [0.15, 0.2) is 0 Å². The Morgan fingerprint density at radius 1 is 1.33 bits per heavy atom. The fraction of sp³-hybridized carbons (Fsp3) is 0.556. The van der Waals surface area contributed by atoms with E-state index in [0.29, 0.717) is 0 Å². The van der Waals surface area contributed by atoms with Gasteiger partial charge in [0, 0.05) is 0 Å². The van der Waals surface area contributed by atoms with E-state index < -0.39 is 0 Å². The third-order valence-corrected chi connectivity index (χ3v) is 1.62. The SMILES string of the molecule is C/C=C\C(C)=C(/C)CC. The largest absolute Gasteiger partial charge is 0.0874 e. The van der Waals surface area contributed by atoms with E-state index >= 15 is 0 Å². The molecule has 0 saturated heterocycles. The summed E-state index contributed by atoms with van der Waals surface area (Å²) in [5, 5.41) is 0. The zero-order valence-electron chi connectivity index (χ0n) is 6.86. The van der Waals surface area contributed by atoms with E-state index in [1.165, 1.54) is 11.1 Å². The van der Waals surface area contributed by atoms with Crippen LogP contribution in [0.4, 0.5) is 0 Å². The molecule has 0 aromatic heterocycles. The molecule has 0 N–H and O–H groups in total. The Hall–Kier alpha value is -0.520. The van der Waals surface area contributed by atoms with Crippen molar-refractivity contribution in [2.45, 2.75) is 34.1 Å². The topological polar surface area (TPSA) is 0 Å². The van der Waals surface area contributed by atoms with Gasteiger partial charge in [-0.3, -0.25) is 0 Å². The first kappa shape index (κ1) is 8.48. The summed E-state index contributed by atoms with van der Waals surface area (Å²) in [6.45, 7) is 8.56. The second-order valence-corrected chi connectivity index (χ2v) is 2.32. The molecule has 0 bridgehead atoms. The summed E-state index contributed by atoms with van der Waals surface area (Å²) in [5.41, 5.74) is 2.88. The zero-order chi connectivity index (χ0) is 7.28. The van der Waals surface area contributed by atoms with Crippen molar-refractivity contribution in [1.29, 1.82) is 0 Å². The molecular formula is C9H16. The Bertz CT molecular complexity index is 127. The maximum Gasteiger partial charge on any atom is -0.0346 e. The lowest BCUT2D eigenvalue weighted by molar-refractivity contribution is 1.07. The van der Waals surface area contributed by atoms with Crippen molar-refractivity contribution >= 4 is 0 Å². The molecule has 0 fully saturated rings.